The second-order valence-electron chi connectivity index (χ2n) is 5.06. The fourth-order valence-corrected chi connectivity index (χ4v) is 2.25. The van der Waals surface area contributed by atoms with Crippen molar-refractivity contribution in [1.29, 1.82) is 0 Å². The molecule has 3 rings (SSSR count). The predicted molar refractivity (Wildman–Crippen MR) is 79.2 cm³/mol. The summed E-state index contributed by atoms with van der Waals surface area (Å²) in [5.41, 5.74) is 0.267. The fourth-order valence-electron chi connectivity index (χ4n) is 2.25. The number of rotatable bonds is 4. The molecule has 0 spiro atoms. The fraction of sp³-hybridized carbons (Fsp3) is 0.400. The van der Waals surface area contributed by atoms with Crippen LogP contribution in [0.1, 0.15) is 5.89 Å². The third kappa shape index (κ3) is 3.84. The Bertz CT molecular complexity index is 670. The molecule has 0 aliphatic carbocycles. The average molecular weight is 320 g/mol. The lowest BCUT2D eigenvalue weighted by Gasteiger charge is -2.26. The molecule has 1 aliphatic heterocycles. The Morgan fingerprint density at radius 1 is 1.26 bits per heavy atom. The molecule has 2 aromatic rings. The van der Waals surface area contributed by atoms with Gasteiger partial charge < -0.3 is 19.4 Å². The Kier molecular flexibility index (Phi) is 4.82. The van der Waals surface area contributed by atoms with Crippen LogP contribution in [0, 0.1) is 5.82 Å². The third-order valence-electron chi connectivity index (χ3n) is 3.48. The van der Waals surface area contributed by atoms with Crippen molar-refractivity contribution in [3.63, 3.8) is 0 Å². The summed E-state index contributed by atoms with van der Waals surface area (Å²) in [5.74, 6) is 0.0754. The minimum atomic E-state index is -0.414. The standard InChI is InChI=1S/C15H17FN4O3/c16-12-4-2-1-3-11(12)14-19-18-13(23-14)5-6-17-15(21)20-7-9-22-10-8-20/h1-4H,5-10H2,(H,17,21). The summed E-state index contributed by atoms with van der Waals surface area (Å²) >= 11 is 0. The van der Waals surface area contributed by atoms with Gasteiger partial charge >= 0.3 is 6.03 Å². The summed E-state index contributed by atoms with van der Waals surface area (Å²) in [6.07, 6.45) is 0.386. The van der Waals surface area contributed by atoms with E-state index in [4.69, 9.17) is 9.15 Å². The molecule has 1 aliphatic rings. The van der Waals surface area contributed by atoms with Gasteiger partial charge in [-0.25, -0.2) is 9.18 Å². The average Bonchev–Trinajstić information content (AvgIpc) is 3.04. The number of hydrogen-bond acceptors (Lipinski definition) is 5. The van der Waals surface area contributed by atoms with Crippen molar-refractivity contribution >= 4 is 6.03 Å². The van der Waals surface area contributed by atoms with Crippen LogP contribution in [0.5, 0.6) is 0 Å². The quantitative estimate of drug-likeness (QED) is 0.922. The number of benzene rings is 1. The molecular formula is C15H17FN4O3. The minimum absolute atomic E-state index is 0.137. The second-order valence-corrected chi connectivity index (χ2v) is 5.06. The van der Waals surface area contributed by atoms with Crippen molar-refractivity contribution in [3.05, 3.63) is 36.0 Å². The zero-order chi connectivity index (χ0) is 16.1. The van der Waals surface area contributed by atoms with E-state index in [9.17, 15) is 9.18 Å². The van der Waals surface area contributed by atoms with Crippen molar-refractivity contribution < 1.29 is 18.3 Å². The summed E-state index contributed by atoms with van der Waals surface area (Å²) in [5, 5.41) is 10.5. The van der Waals surface area contributed by atoms with E-state index in [0.29, 0.717) is 45.2 Å². The Morgan fingerprint density at radius 2 is 2.04 bits per heavy atom. The number of amides is 2. The number of aromatic nitrogens is 2. The number of ether oxygens (including phenoxy) is 1. The molecule has 7 nitrogen and oxygen atoms in total. The molecule has 0 atom stereocenters. The van der Waals surface area contributed by atoms with E-state index in [-0.39, 0.29) is 17.5 Å². The minimum Gasteiger partial charge on any atom is -0.421 e. The van der Waals surface area contributed by atoms with Crippen molar-refractivity contribution in [2.24, 2.45) is 0 Å². The van der Waals surface area contributed by atoms with Gasteiger partial charge in [0.25, 0.3) is 5.89 Å². The van der Waals surface area contributed by atoms with Gasteiger partial charge in [-0.2, -0.15) is 0 Å². The molecule has 8 heteroatoms. The number of urea groups is 1. The lowest BCUT2D eigenvalue weighted by Crippen LogP contribution is -2.46. The number of morpholine rings is 1. The van der Waals surface area contributed by atoms with Gasteiger partial charge in [-0.1, -0.05) is 12.1 Å². The van der Waals surface area contributed by atoms with Gasteiger partial charge in [-0.15, -0.1) is 10.2 Å². The first kappa shape index (κ1) is 15.4. The number of nitrogens with one attached hydrogen (secondary N) is 1. The molecule has 2 heterocycles. The highest BCUT2D eigenvalue weighted by atomic mass is 19.1. The van der Waals surface area contributed by atoms with E-state index < -0.39 is 5.82 Å². The van der Waals surface area contributed by atoms with Crippen LogP contribution in [-0.4, -0.2) is 54.0 Å². The Labute approximate surface area is 132 Å². The van der Waals surface area contributed by atoms with Crippen LogP contribution >= 0.6 is 0 Å². The zero-order valence-electron chi connectivity index (χ0n) is 12.5. The number of halogens is 1. The molecule has 0 bridgehead atoms. The van der Waals surface area contributed by atoms with Crippen LogP contribution in [0.25, 0.3) is 11.5 Å². The van der Waals surface area contributed by atoms with E-state index >= 15 is 0 Å². The topological polar surface area (TPSA) is 80.5 Å². The maximum atomic E-state index is 13.6. The lowest BCUT2D eigenvalue weighted by atomic mass is 10.2. The maximum absolute atomic E-state index is 13.6. The number of nitrogens with zero attached hydrogens (tertiary/aromatic N) is 3. The molecule has 23 heavy (non-hydrogen) atoms. The summed E-state index contributed by atoms with van der Waals surface area (Å²) in [6, 6.07) is 6.07. The second kappa shape index (κ2) is 7.19. The number of carbonyl (C=O) groups is 1. The molecule has 2 amide bonds. The predicted octanol–water partition coefficient (Wildman–Crippen LogP) is 1.46. The van der Waals surface area contributed by atoms with Gasteiger partial charge in [0.1, 0.15) is 5.82 Å². The normalized spacial score (nSPS) is 14.7. The molecule has 0 unspecified atom stereocenters. The van der Waals surface area contributed by atoms with Crippen molar-refractivity contribution in [1.82, 2.24) is 20.4 Å². The van der Waals surface area contributed by atoms with Crippen LogP contribution in [0.15, 0.2) is 28.7 Å². The van der Waals surface area contributed by atoms with Gasteiger partial charge in [-0.3, -0.25) is 0 Å². The molecule has 1 saturated heterocycles. The van der Waals surface area contributed by atoms with Gasteiger partial charge in [0.2, 0.25) is 5.89 Å². The Morgan fingerprint density at radius 3 is 2.83 bits per heavy atom. The first-order valence-corrected chi connectivity index (χ1v) is 7.42. The summed E-state index contributed by atoms with van der Waals surface area (Å²) in [7, 11) is 0. The van der Waals surface area contributed by atoms with Crippen LogP contribution in [0.3, 0.4) is 0 Å². The van der Waals surface area contributed by atoms with Gasteiger partial charge in [-0.05, 0) is 12.1 Å². The van der Waals surface area contributed by atoms with Crippen molar-refractivity contribution in [2.45, 2.75) is 6.42 Å². The van der Waals surface area contributed by atoms with E-state index in [2.05, 4.69) is 15.5 Å². The molecule has 1 aromatic carbocycles. The highest BCUT2D eigenvalue weighted by Crippen LogP contribution is 2.20. The summed E-state index contributed by atoms with van der Waals surface area (Å²) < 4.78 is 24.3. The highest BCUT2D eigenvalue weighted by Gasteiger charge is 2.17. The van der Waals surface area contributed by atoms with Crippen LogP contribution in [0.2, 0.25) is 0 Å². The van der Waals surface area contributed by atoms with E-state index in [1.54, 1.807) is 23.1 Å². The molecular weight excluding hydrogens is 303 g/mol. The van der Waals surface area contributed by atoms with Gasteiger partial charge in [0.15, 0.2) is 0 Å². The molecule has 1 fully saturated rings. The first-order chi connectivity index (χ1) is 11.2. The molecule has 0 radical (unpaired) electrons. The van der Waals surface area contributed by atoms with Gasteiger partial charge in [0, 0.05) is 26.1 Å². The first-order valence-electron chi connectivity index (χ1n) is 7.42. The highest BCUT2D eigenvalue weighted by molar-refractivity contribution is 5.74. The zero-order valence-corrected chi connectivity index (χ0v) is 12.5. The smallest absolute Gasteiger partial charge is 0.317 e. The Hall–Kier alpha value is -2.48. The molecule has 1 aromatic heterocycles. The molecule has 1 N–H and O–H groups in total. The van der Waals surface area contributed by atoms with Crippen molar-refractivity contribution in [3.8, 4) is 11.5 Å². The molecule has 0 saturated carbocycles. The van der Waals surface area contributed by atoms with Crippen LogP contribution in [-0.2, 0) is 11.2 Å². The van der Waals surface area contributed by atoms with E-state index in [1.165, 1.54) is 6.07 Å². The third-order valence-corrected chi connectivity index (χ3v) is 3.48. The summed E-state index contributed by atoms with van der Waals surface area (Å²) in [6.45, 7) is 2.66. The number of carbonyl (C=O) groups excluding carboxylic acids is 1. The van der Waals surface area contributed by atoms with Crippen LogP contribution in [0.4, 0.5) is 9.18 Å². The summed E-state index contributed by atoms with van der Waals surface area (Å²) in [4.78, 5) is 13.6. The van der Waals surface area contributed by atoms with Crippen molar-refractivity contribution in [2.75, 3.05) is 32.8 Å². The number of hydrogen-bond donors (Lipinski definition) is 1. The monoisotopic (exact) mass is 320 g/mol. The maximum Gasteiger partial charge on any atom is 0.317 e. The largest absolute Gasteiger partial charge is 0.421 e. The molecule has 122 valence electrons. The van der Waals surface area contributed by atoms with E-state index in [0.717, 1.165) is 0 Å². The SMILES string of the molecule is O=C(NCCc1nnc(-c2ccccc2F)o1)N1CCOCC1. The lowest BCUT2D eigenvalue weighted by molar-refractivity contribution is 0.0532. The van der Waals surface area contributed by atoms with E-state index in [1.807, 2.05) is 0 Å². The Balaban J connectivity index is 1.51. The van der Waals surface area contributed by atoms with Gasteiger partial charge in [0.05, 0.1) is 18.8 Å². The van der Waals surface area contributed by atoms with Crippen LogP contribution < -0.4 is 5.32 Å².